The van der Waals surface area contributed by atoms with Crippen molar-refractivity contribution in [3.8, 4) is 5.75 Å². The summed E-state index contributed by atoms with van der Waals surface area (Å²) in [6, 6.07) is 7.01. The third kappa shape index (κ3) is 3.59. The van der Waals surface area contributed by atoms with Crippen LogP contribution in [-0.2, 0) is 4.79 Å². The molecule has 2 unspecified atom stereocenters. The lowest BCUT2D eigenvalue weighted by atomic mass is 10.0. The lowest BCUT2D eigenvalue weighted by Crippen LogP contribution is -2.54. The first-order valence-electron chi connectivity index (χ1n) is 8.01. The molecule has 1 aliphatic heterocycles. The van der Waals surface area contributed by atoms with Crippen molar-refractivity contribution in [3.05, 3.63) is 29.8 Å². The lowest BCUT2D eigenvalue weighted by molar-refractivity contribution is -0.145. The van der Waals surface area contributed by atoms with Gasteiger partial charge in [0.2, 0.25) is 0 Å². The maximum atomic E-state index is 11.9. The minimum atomic E-state index is -0.816. The predicted octanol–water partition coefficient (Wildman–Crippen LogP) is 2.24. The molecule has 2 rings (SSSR count). The number of nitrogens with zero attached hydrogens (tertiary/aromatic N) is 2. The molecule has 1 fully saturated rings. The van der Waals surface area contributed by atoms with Crippen LogP contribution < -0.4 is 4.74 Å². The van der Waals surface area contributed by atoms with E-state index in [1.54, 1.807) is 0 Å². The molecule has 5 nitrogen and oxygen atoms in total. The molecule has 1 aromatic rings. The zero-order chi connectivity index (χ0) is 16.1. The summed E-state index contributed by atoms with van der Waals surface area (Å²) < 4.78 is 5.64. The predicted molar refractivity (Wildman–Crippen MR) is 86.3 cm³/mol. The van der Waals surface area contributed by atoms with E-state index in [-0.39, 0.29) is 6.04 Å². The van der Waals surface area contributed by atoms with Crippen molar-refractivity contribution in [1.29, 1.82) is 0 Å². The van der Waals surface area contributed by atoms with Gasteiger partial charge in [-0.2, -0.15) is 0 Å². The van der Waals surface area contributed by atoms with Gasteiger partial charge in [0.1, 0.15) is 11.8 Å². The highest BCUT2D eigenvalue weighted by Crippen LogP contribution is 2.32. The largest absolute Gasteiger partial charge is 0.494 e. The molecule has 0 aromatic heterocycles. The van der Waals surface area contributed by atoms with Crippen molar-refractivity contribution in [1.82, 2.24) is 9.80 Å². The fourth-order valence-electron chi connectivity index (χ4n) is 3.16. The standard InChI is InChI=1S/C17H26N2O3/c1-4-18-10-11-19(13(3)12-18)16(17(20)21)14-8-6-7-9-15(14)22-5-2/h6-9,13,16H,4-5,10-12H2,1-3H3,(H,20,21). The van der Waals surface area contributed by atoms with Gasteiger partial charge < -0.3 is 14.7 Å². The summed E-state index contributed by atoms with van der Waals surface area (Å²) in [5.74, 6) is -0.147. The summed E-state index contributed by atoms with van der Waals surface area (Å²) in [6.07, 6.45) is 0. The third-order valence-corrected chi connectivity index (χ3v) is 4.29. The number of rotatable bonds is 6. The minimum Gasteiger partial charge on any atom is -0.494 e. The SMILES string of the molecule is CCOc1ccccc1C(C(=O)O)N1CCN(CC)CC1C. The van der Waals surface area contributed by atoms with Gasteiger partial charge in [0, 0.05) is 31.2 Å². The Bertz CT molecular complexity index is 506. The molecule has 0 saturated carbocycles. The van der Waals surface area contributed by atoms with Crippen LogP contribution in [0.3, 0.4) is 0 Å². The smallest absolute Gasteiger partial charge is 0.325 e. The van der Waals surface area contributed by atoms with Gasteiger partial charge in [0.05, 0.1) is 6.61 Å². The molecule has 0 aliphatic carbocycles. The van der Waals surface area contributed by atoms with Crippen LogP contribution in [0.5, 0.6) is 5.75 Å². The molecule has 1 saturated heterocycles. The maximum Gasteiger partial charge on any atom is 0.325 e. The maximum absolute atomic E-state index is 11.9. The molecule has 1 N–H and O–H groups in total. The van der Waals surface area contributed by atoms with Crippen LogP contribution in [0.2, 0.25) is 0 Å². The lowest BCUT2D eigenvalue weighted by Gasteiger charge is -2.42. The average Bonchev–Trinajstić information content (AvgIpc) is 2.50. The van der Waals surface area contributed by atoms with E-state index < -0.39 is 12.0 Å². The van der Waals surface area contributed by atoms with Gasteiger partial charge in [-0.25, -0.2) is 0 Å². The zero-order valence-electron chi connectivity index (χ0n) is 13.7. The van der Waals surface area contributed by atoms with E-state index in [4.69, 9.17) is 4.74 Å². The van der Waals surface area contributed by atoms with E-state index in [1.165, 1.54) is 0 Å². The zero-order valence-corrected chi connectivity index (χ0v) is 13.7. The quantitative estimate of drug-likeness (QED) is 0.873. The molecule has 0 spiro atoms. The first-order valence-corrected chi connectivity index (χ1v) is 8.01. The number of carbonyl (C=O) groups is 1. The fourth-order valence-corrected chi connectivity index (χ4v) is 3.16. The topological polar surface area (TPSA) is 53.0 Å². The number of aliphatic carboxylic acids is 1. The summed E-state index contributed by atoms with van der Waals surface area (Å²) in [7, 11) is 0. The Morgan fingerprint density at radius 1 is 1.36 bits per heavy atom. The van der Waals surface area contributed by atoms with Crippen molar-refractivity contribution in [2.24, 2.45) is 0 Å². The number of piperazine rings is 1. The van der Waals surface area contributed by atoms with Crippen LogP contribution in [0.25, 0.3) is 0 Å². The van der Waals surface area contributed by atoms with Crippen LogP contribution in [0.15, 0.2) is 24.3 Å². The van der Waals surface area contributed by atoms with E-state index >= 15 is 0 Å². The number of hydrogen-bond acceptors (Lipinski definition) is 4. The second kappa shape index (κ2) is 7.61. The Morgan fingerprint density at radius 3 is 2.68 bits per heavy atom. The molecule has 2 atom stereocenters. The molecular weight excluding hydrogens is 280 g/mol. The van der Waals surface area contributed by atoms with Crippen LogP contribution >= 0.6 is 0 Å². The van der Waals surface area contributed by atoms with Gasteiger partial charge in [-0.3, -0.25) is 9.69 Å². The van der Waals surface area contributed by atoms with Crippen molar-refractivity contribution in [3.63, 3.8) is 0 Å². The Balaban J connectivity index is 2.29. The molecular formula is C17H26N2O3. The van der Waals surface area contributed by atoms with Gasteiger partial charge in [0.25, 0.3) is 0 Å². The number of ether oxygens (including phenoxy) is 1. The second-order valence-electron chi connectivity index (χ2n) is 5.69. The van der Waals surface area contributed by atoms with Crippen molar-refractivity contribution >= 4 is 5.97 Å². The molecule has 1 heterocycles. The Morgan fingerprint density at radius 2 is 2.09 bits per heavy atom. The number of carboxylic acids is 1. The Hall–Kier alpha value is -1.59. The highest BCUT2D eigenvalue weighted by Gasteiger charge is 2.35. The monoisotopic (exact) mass is 306 g/mol. The number of carboxylic acid groups (broad SMARTS) is 1. The number of hydrogen-bond donors (Lipinski definition) is 1. The van der Waals surface area contributed by atoms with E-state index in [0.717, 1.165) is 31.7 Å². The fraction of sp³-hybridized carbons (Fsp3) is 0.588. The molecule has 0 amide bonds. The van der Waals surface area contributed by atoms with Crippen molar-refractivity contribution < 1.29 is 14.6 Å². The molecule has 22 heavy (non-hydrogen) atoms. The molecule has 1 aliphatic rings. The van der Waals surface area contributed by atoms with E-state index in [1.807, 2.05) is 31.2 Å². The summed E-state index contributed by atoms with van der Waals surface area (Å²) in [6.45, 7) is 10.2. The van der Waals surface area contributed by atoms with E-state index in [9.17, 15) is 9.90 Å². The number of para-hydroxylation sites is 1. The van der Waals surface area contributed by atoms with E-state index in [2.05, 4.69) is 23.6 Å². The second-order valence-corrected chi connectivity index (χ2v) is 5.69. The molecule has 0 bridgehead atoms. The molecule has 1 aromatic carbocycles. The van der Waals surface area contributed by atoms with Crippen LogP contribution in [0, 0.1) is 0 Å². The molecule has 122 valence electrons. The number of likely N-dealkylation sites (N-methyl/N-ethyl adjacent to an activating group) is 1. The third-order valence-electron chi connectivity index (χ3n) is 4.29. The van der Waals surface area contributed by atoms with Gasteiger partial charge in [-0.15, -0.1) is 0 Å². The first kappa shape index (κ1) is 16.8. The summed E-state index contributed by atoms with van der Waals surface area (Å²) in [5.41, 5.74) is 0.744. The summed E-state index contributed by atoms with van der Waals surface area (Å²) in [4.78, 5) is 16.4. The molecule has 5 heteroatoms. The normalized spacial score (nSPS) is 21.5. The van der Waals surface area contributed by atoms with Gasteiger partial charge in [-0.1, -0.05) is 25.1 Å². The highest BCUT2D eigenvalue weighted by atomic mass is 16.5. The highest BCUT2D eigenvalue weighted by molar-refractivity contribution is 5.76. The van der Waals surface area contributed by atoms with Crippen LogP contribution in [0.1, 0.15) is 32.4 Å². The van der Waals surface area contributed by atoms with Crippen molar-refractivity contribution in [2.75, 3.05) is 32.8 Å². The Kier molecular flexibility index (Phi) is 5.80. The Labute approximate surface area is 132 Å². The first-order chi connectivity index (χ1) is 10.6. The van der Waals surface area contributed by atoms with Crippen molar-refractivity contribution in [2.45, 2.75) is 32.9 Å². The number of benzene rings is 1. The van der Waals surface area contributed by atoms with Crippen LogP contribution in [-0.4, -0.2) is 59.7 Å². The van der Waals surface area contributed by atoms with Gasteiger partial charge in [-0.05, 0) is 26.5 Å². The van der Waals surface area contributed by atoms with Gasteiger partial charge in [0.15, 0.2) is 0 Å². The average molecular weight is 306 g/mol. The summed E-state index contributed by atoms with van der Waals surface area (Å²) >= 11 is 0. The van der Waals surface area contributed by atoms with Gasteiger partial charge >= 0.3 is 5.97 Å². The van der Waals surface area contributed by atoms with Crippen LogP contribution in [0.4, 0.5) is 0 Å². The minimum absolute atomic E-state index is 0.199. The molecule has 0 radical (unpaired) electrons. The summed E-state index contributed by atoms with van der Waals surface area (Å²) in [5, 5.41) is 9.80. The van der Waals surface area contributed by atoms with E-state index in [0.29, 0.717) is 12.4 Å².